The van der Waals surface area contributed by atoms with Crippen molar-refractivity contribution in [2.24, 2.45) is 5.73 Å². The van der Waals surface area contributed by atoms with Gasteiger partial charge in [0.2, 0.25) is 0 Å². The normalized spacial score (nSPS) is 10.6. The summed E-state index contributed by atoms with van der Waals surface area (Å²) < 4.78 is 12.7. The first-order valence-electron chi connectivity index (χ1n) is 3.88. The Hall–Kier alpha value is -1.48. The van der Waals surface area contributed by atoms with Crippen molar-refractivity contribution in [3.63, 3.8) is 0 Å². The Balaban J connectivity index is 3.05. The standard InChI is InChI=1S/C10H10FNO/c11-10-4-3-8(2-1-5-13)9(6-10)7-12/h1-6H,7,12H2. The molecular formula is C10H10FNO. The minimum Gasteiger partial charge on any atom is -0.326 e. The maximum atomic E-state index is 12.7. The van der Waals surface area contributed by atoms with Crippen molar-refractivity contribution in [3.8, 4) is 0 Å². The third-order valence-electron chi connectivity index (χ3n) is 1.68. The van der Waals surface area contributed by atoms with E-state index in [2.05, 4.69) is 0 Å². The molecule has 0 aliphatic carbocycles. The molecule has 0 radical (unpaired) electrons. The second kappa shape index (κ2) is 4.52. The number of rotatable bonds is 3. The Morgan fingerprint density at radius 3 is 2.85 bits per heavy atom. The number of hydrogen-bond acceptors (Lipinski definition) is 2. The van der Waals surface area contributed by atoms with Crippen LogP contribution in [0.25, 0.3) is 6.08 Å². The van der Waals surface area contributed by atoms with Gasteiger partial charge in [0.1, 0.15) is 12.1 Å². The molecule has 1 aromatic rings. The first-order chi connectivity index (χ1) is 6.27. The van der Waals surface area contributed by atoms with Crippen LogP contribution >= 0.6 is 0 Å². The van der Waals surface area contributed by atoms with Gasteiger partial charge in [-0.2, -0.15) is 0 Å². The Morgan fingerprint density at radius 2 is 2.23 bits per heavy atom. The van der Waals surface area contributed by atoms with E-state index in [9.17, 15) is 9.18 Å². The van der Waals surface area contributed by atoms with Crippen molar-refractivity contribution in [2.45, 2.75) is 6.54 Å². The van der Waals surface area contributed by atoms with E-state index in [-0.39, 0.29) is 12.4 Å². The molecule has 2 N–H and O–H groups in total. The summed E-state index contributed by atoms with van der Waals surface area (Å²) >= 11 is 0. The Bertz CT molecular complexity index is 334. The molecule has 0 aliphatic heterocycles. The number of hydrogen-bond donors (Lipinski definition) is 1. The van der Waals surface area contributed by atoms with Gasteiger partial charge in [-0.1, -0.05) is 12.1 Å². The first-order valence-corrected chi connectivity index (χ1v) is 3.88. The van der Waals surface area contributed by atoms with Crippen LogP contribution in [0.3, 0.4) is 0 Å². The molecule has 0 atom stereocenters. The SMILES string of the molecule is NCc1cc(F)ccc1C=CC=O. The predicted molar refractivity (Wildman–Crippen MR) is 49.4 cm³/mol. The fourth-order valence-corrected chi connectivity index (χ4v) is 1.06. The van der Waals surface area contributed by atoms with Gasteiger partial charge in [-0.05, 0) is 29.3 Å². The lowest BCUT2D eigenvalue weighted by Gasteiger charge is -2.01. The maximum absolute atomic E-state index is 12.7. The van der Waals surface area contributed by atoms with Crippen molar-refractivity contribution >= 4 is 12.4 Å². The highest BCUT2D eigenvalue weighted by molar-refractivity contribution is 5.74. The van der Waals surface area contributed by atoms with E-state index < -0.39 is 0 Å². The zero-order valence-electron chi connectivity index (χ0n) is 7.03. The van der Waals surface area contributed by atoms with Gasteiger partial charge in [0.05, 0.1) is 0 Å². The van der Waals surface area contributed by atoms with Crippen molar-refractivity contribution in [1.82, 2.24) is 0 Å². The Labute approximate surface area is 75.9 Å². The van der Waals surface area contributed by atoms with E-state index in [1.807, 2.05) is 0 Å². The van der Waals surface area contributed by atoms with Crippen LogP contribution in [0.15, 0.2) is 24.3 Å². The molecule has 1 rings (SSSR count). The summed E-state index contributed by atoms with van der Waals surface area (Å²) in [5.74, 6) is -0.316. The maximum Gasteiger partial charge on any atom is 0.142 e. The zero-order valence-corrected chi connectivity index (χ0v) is 7.03. The molecule has 13 heavy (non-hydrogen) atoms. The van der Waals surface area contributed by atoms with Crippen LogP contribution in [0.2, 0.25) is 0 Å². The quantitative estimate of drug-likeness (QED) is 0.564. The van der Waals surface area contributed by atoms with Gasteiger partial charge in [0, 0.05) is 6.54 Å². The lowest BCUT2D eigenvalue weighted by atomic mass is 10.1. The van der Waals surface area contributed by atoms with Crippen LogP contribution in [0.4, 0.5) is 4.39 Å². The topological polar surface area (TPSA) is 43.1 Å². The molecule has 0 aromatic heterocycles. The molecule has 0 aliphatic rings. The number of carbonyl (C=O) groups is 1. The van der Waals surface area contributed by atoms with Gasteiger partial charge in [-0.3, -0.25) is 4.79 Å². The summed E-state index contributed by atoms with van der Waals surface area (Å²) in [6, 6.07) is 4.30. The lowest BCUT2D eigenvalue weighted by Crippen LogP contribution is -1.99. The molecule has 0 spiro atoms. The summed E-state index contributed by atoms with van der Waals surface area (Å²) in [6.07, 6.45) is 3.63. The van der Waals surface area contributed by atoms with Gasteiger partial charge in [-0.25, -0.2) is 4.39 Å². The zero-order chi connectivity index (χ0) is 9.68. The number of benzene rings is 1. The highest BCUT2D eigenvalue weighted by Gasteiger charge is 1.98. The van der Waals surface area contributed by atoms with Gasteiger partial charge >= 0.3 is 0 Å². The monoisotopic (exact) mass is 179 g/mol. The van der Waals surface area contributed by atoms with E-state index in [1.54, 1.807) is 12.1 Å². The predicted octanol–water partition coefficient (Wildman–Crippen LogP) is 1.50. The first kappa shape index (κ1) is 9.61. The fraction of sp³-hybridized carbons (Fsp3) is 0.100. The van der Waals surface area contributed by atoms with Gasteiger partial charge in [-0.15, -0.1) is 0 Å². The van der Waals surface area contributed by atoms with E-state index in [4.69, 9.17) is 5.73 Å². The van der Waals surface area contributed by atoms with Crippen LogP contribution in [0.5, 0.6) is 0 Å². The molecule has 0 saturated carbocycles. The summed E-state index contributed by atoms with van der Waals surface area (Å²) in [5.41, 5.74) is 6.87. The Morgan fingerprint density at radius 1 is 1.46 bits per heavy atom. The molecule has 1 aromatic carbocycles. The number of aldehydes is 1. The molecular weight excluding hydrogens is 169 g/mol. The average Bonchev–Trinajstić information content (AvgIpc) is 2.16. The summed E-state index contributed by atoms with van der Waals surface area (Å²) in [7, 11) is 0. The number of halogens is 1. The number of allylic oxidation sites excluding steroid dienone is 1. The molecule has 0 amide bonds. The summed E-state index contributed by atoms with van der Waals surface area (Å²) in [6.45, 7) is 0.260. The summed E-state index contributed by atoms with van der Waals surface area (Å²) in [4.78, 5) is 10.1. The highest BCUT2D eigenvalue weighted by Crippen LogP contribution is 2.12. The van der Waals surface area contributed by atoms with Crippen molar-refractivity contribution in [1.29, 1.82) is 0 Å². The lowest BCUT2D eigenvalue weighted by molar-refractivity contribution is -0.104. The van der Waals surface area contributed by atoms with E-state index in [1.165, 1.54) is 18.2 Å². The molecule has 2 nitrogen and oxygen atoms in total. The van der Waals surface area contributed by atoms with Crippen LogP contribution in [-0.4, -0.2) is 6.29 Å². The van der Waals surface area contributed by atoms with E-state index in [0.29, 0.717) is 11.8 Å². The highest BCUT2D eigenvalue weighted by atomic mass is 19.1. The molecule has 0 fully saturated rings. The molecule has 0 heterocycles. The molecule has 68 valence electrons. The van der Waals surface area contributed by atoms with Gasteiger partial charge < -0.3 is 5.73 Å². The molecule has 3 heteroatoms. The smallest absolute Gasteiger partial charge is 0.142 e. The number of nitrogens with two attached hydrogens (primary N) is 1. The van der Waals surface area contributed by atoms with Crippen LogP contribution in [0.1, 0.15) is 11.1 Å². The van der Waals surface area contributed by atoms with Crippen molar-refractivity contribution in [3.05, 3.63) is 41.2 Å². The van der Waals surface area contributed by atoms with Crippen molar-refractivity contribution < 1.29 is 9.18 Å². The third-order valence-corrected chi connectivity index (χ3v) is 1.68. The minimum atomic E-state index is -0.316. The fourth-order valence-electron chi connectivity index (χ4n) is 1.06. The molecule has 0 bridgehead atoms. The molecule has 0 saturated heterocycles. The summed E-state index contributed by atoms with van der Waals surface area (Å²) in [5, 5.41) is 0. The Kier molecular flexibility index (Phi) is 3.34. The van der Waals surface area contributed by atoms with Crippen LogP contribution in [0, 0.1) is 5.82 Å². The second-order valence-electron chi connectivity index (χ2n) is 2.54. The number of carbonyl (C=O) groups excluding carboxylic acids is 1. The molecule has 0 unspecified atom stereocenters. The van der Waals surface area contributed by atoms with Gasteiger partial charge in [0.15, 0.2) is 0 Å². The largest absolute Gasteiger partial charge is 0.326 e. The average molecular weight is 179 g/mol. The van der Waals surface area contributed by atoms with E-state index in [0.717, 1.165) is 5.56 Å². The van der Waals surface area contributed by atoms with Crippen LogP contribution in [-0.2, 0) is 11.3 Å². The van der Waals surface area contributed by atoms with Crippen molar-refractivity contribution in [2.75, 3.05) is 0 Å². The van der Waals surface area contributed by atoms with Gasteiger partial charge in [0.25, 0.3) is 0 Å². The second-order valence-corrected chi connectivity index (χ2v) is 2.54. The minimum absolute atomic E-state index is 0.260. The third kappa shape index (κ3) is 2.49. The van der Waals surface area contributed by atoms with Crippen LogP contribution < -0.4 is 5.73 Å². The van der Waals surface area contributed by atoms with E-state index >= 15 is 0 Å².